The van der Waals surface area contributed by atoms with Crippen molar-refractivity contribution in [2.45, 2.75) is 12.5 Å². The lowest BCUT2D eigenvalue weighted by Gasteiger charge is -2.25. The van der Waals surface area contributed by atoms with Crippen molar-refractivity contribution in [2.24, 2.45) is 5.73 Å². The Hall–Kier alpha value is -4.56. The number of para-hydroxylation sites is 2. The summed E-state index contributed by atoms with van der Waals surface area (Å²) in [5.41, 5.74) is 15.2. The maximum Gasteiger partial charge on any atom is 0.250 e. The van der Waals surface area contributed by atoms with Gasteiger partial charge in [0.2, 0.25) is 0 Å². The van der Waals surface area contributed by atoms with Gasteiger partial charge in [-0.1, -0.05) is 54.6 Å². The van der Waals surface area contributed by atoms with Crippen LogP contribution in [0, 0.1) is 0 Å². The van der Waals surface area contributed by atoms with Gasteiger partial charge in [0.1, 0.15) is 12.1 Å². The number of hydrogen-bond donors (Lipinski definition) is 3. The summed E-state index contributed by atoms with van der Waals surface area (Å²) in [5, 5.41) is 4.17. The number of carbonyl (C=O) groups excluding carboxylic acids is 2. The predicted octanol–water partition coefficient (Wildman–Crippen LogP) is 4.20. The lowest BCUT2D eigenvalue weighted by molar-refractivity contribution is 0.1000. The van der Waals surface area contributed by atoms with E-state index in [1.54, 1.807) is 30.3 Å². The van der Waals surface area contributed by atoms with Gasteiger partial charge in [-0.05, 0) is 37.2 Å². The normalized spacial score (nSPS) is 11.8. The van der Waals surface area contributed by atoms with Crippen LogP contribution in [0.25, 0.3) is 10.9 Å². The van der Waals surface area contributed by atoms with Crippen LogP contribution in [-0.4, -0.2) is 46.7 Å². The van der Waals surface area contributed by atoms with E-state index in [1.165, 1.54) is 6.33 Å². The van der Waals surface area contributed by atoms with E-state index in [4.69, 9.17) is 11.5 Å². The molecule has 0 radical (unpaired) electrons. The highest BCUT2D eigenvalue weighted by molar-refractivity contribution is 6.12. The van der Waals surface area contributed by atoms with Crippen LogP contribution in [0.2, 0.25) is 0 Å². The van der Waals surface area contributed by atoms with Crippen molar-refractivity contribution < 1.29 is 9.59 Å². The zero-order valence-corrected chi connectivity index (χ0v) is 20.7. The van der Waals surface area contributed by atoms with Crippen molar-refractivity contribution in [2.75, 3.05) is 31.2 Å². The van der Waals surface area contributed by atoms with Crippen LogP contribution in [0.1, 0.15) is 44.3 Å². The van der Waals surface area contributed by atoms with E-state index in [0.717, 1.165) is 18.7 Å². The molecule has 0 aliphatic rings. The highest BCUT2D eigenvalue weighted by Crippen LogP contribution is 2.32. The van der Waals surface area contributed by atoms with E-state index in [-0.39, 0.29) is 11.8 Å². The fourth-order valence-corrected chi connectivity index (χ4v) is 4.36. The van der Waals surface area contributed by atoms with Crippen LogP contribution >= 0.6 is 0 Å². The molecule has 1 atom stereocenters. The first kappa shape index (κ1) is 25.5. The lowest BCUT2D eigenvalue weighted by atomic mass is 9.94. The van der Waals surface area contributed by atoms with Crippen LogP contribution in [-0.2, 0) is 0 Å². The minimum atomic E-state index is -0.561. The van der Waals surface area contributed by atoms with Crippen molar-refractivity contribution in [1.82, 2.24) is 14.9 Å². The number of aromatic nitrogens is 2. The Bertz CT molecular complexity index is 1440. The maximum absolute atomic E-state index is 13.2. The predicted molar refractivity (Wildman–Crippen MR) is 147 cm³/mol. The zero-order valence-electron chi connectivity index (χ0n) is 20.7. The molecule has 4 rings (SSSR count). The first-order valence-corrected chi connectivity index (χ1v) is 12.0. The fourth-order valence-electron chi connectivity index (χ4n) is 4.36. The number of likely N-dealkylation sites (N-methyl/N-ethyl adjacent to an activating group) is 1. The van der Waals surface area contributed by atoms with E-state index in [9.17, 15) is 9.59 Å². The second kappa shape index (κ2) is 11.5. The third kappa shape index (κ3) is 5.65. The molecule has 4 aromatic rings. The Balaban J connectivity index is 1.75. The molecule has 1 aromatic heterocycles. The highest BCUT2D eigenvalue weighted by atomic mass is 16.1. The van der Waals surface area contributed by atoms with Crippen LogP contribution in [0.4, 0.5) is 11.5 Å². The summed E-state index contributed by atoms with van der Waals surface area (Å²) < 4.78 is 0. The molecule has 1 heterocycles. The number of benzene rings is 3. The van der Waals surface area contributed by atoms with E-state index in [0.29, 0.717) is 45.5 Å². The van der Waals surface area contributed by atoms with Crippen molar-refractivity contribution in [3.63, 3.8) is 0 Å². The molecule has 188 valence electrons. The van der Waals surface area contributed by atoms with Crippen LogP contribution in [0.3, 0.4) is 0 Å². The average molecular weight is 495 g/mol. The Morgan fingerprint density at radius 1 is 1.03 bits per heavy atom. The second-order valence-corrected chi connectivity index (χ2v) is 8.83. The lowest BCUT2D eigenvalue weighted by Crippen LogP contribution is -2.25. The van der Waals surface area contributed by atoms with Gasteiger partial charge in [0.15, 0.2) is 5.78 Å². The number of nitrogens with zero attached hydrogens (tertiary/aromatic N) is 3. The van der Waals surface area contributed by atoms with Crippen molar-refractivity contribution in [1.29, 1.82) is 0 Å². The molecule has 0 fully saturated rings. The largest absolute Gasteiger partial charge is 0.398 e. The number of primary amides is 1. The topological polar surface area (TPSA) is 127 Å². The highest BCUT2D eigenvalue weighted by Gasteiger charge is 2.22. The quantitative estimate of drug-likeness (QED) is 0.162. The van der Waals surface area contributed by atoms with Crippen LogP contribution < -0.4 is 16.8 Å². The molecule has 0 spiro atoms. The molecule has 8 heteroatoms. The summed E-state index contributed by atoms with van der Waals surface area (Å²) >= 11 is 0. The first-order valence-electron chi connectivity index (χ1n) is 12.0. The van der Waals surface area contributed by atoms with Gasteiger partial charge in [0, 0.05) is 35.3 Å². The SMILES string of the molecule is C=CCN(C)CCC(Nc1ncnc2c(C(N)=O)cccc12)c1cccc(C(=O)c2ccccc2)c1N. The van der Waals surface area contributed by atoms with Crippen LogP contribution in [0.15, 0.2) is 85.7 Å². The molecule has 3 aromatic carbocycles. The Kier molecular flexibility index (Phi) is 7.90. The number of nitrogen functional groups attached to an aromatic ring is 1. The number of hydrogen-bond acceptors (Lipinski definition) is 7. The molecular weight excluding hydrogens is 464 g/mol. The number of carbonyl (C=O) groups is 2. The van der Waals surface area contributed by atoms with E-state index >= 15 is 0 Å². The van der Waals surface area contributed by atoms with Gasteiger partial charge in [-0.25, -0.2) is 9.97 Å². The van der Waals surface area contributed by atoms with Gasteiger partial charge in [-0.3, -0.25) is 9.59 Å². The molecule has 1 amide bonds. The maximum atomic E-state index is 13.2. The molecule has 5 N–H and O–H groups in total. The van der Waals surface area contributed by atoms with Crippen molar-refractivity contribution >= 4 is 34.1 Å². The number of nitrogens with one attached hydrogen (secondary N) is 1. The van der Waals surface area contributed by atoms with Crippen LogP contribution in [0.5, 0.6) is 0 Å². The number of anilines is 2. The molecule has 0 bridgehead atoms. The monoisotopic (exact) mass is 494 g/mol. The van der Waals surface area contributed by atoms with Gasteiger partial charge in [-0.15, -0.1) is 6.58 Å². The summed E-state index contributed by atoms with van der Waals surface area (Å²) in [6, 6.07) is 19.5. The fraction of sp³-hybridized carbons (Fsp3) is 0.172. The zero-order chi connectivity index (χ0) is 26.4. The molecule has 8 nitrogen and oxygen atoms in total. The summed E-state index contributed by atoms with van der Waals surface area (Å²) in [4.78, 5) is 36.1. The Morgan fingerprint density at radius 2 is 1.76 bits per heavy atom. The molecule has 0 saturated carbocycles. The minimum absolute atomic E-state index is 0.138. The Labute approximate surface area is 216 Å². The number of ketones is 1. The number of fused-ring (bicyclic) bond motifs is 1. The third-order valence-electron chi connectivity index (χ3n) is 6.28. The minimum Gasteiger partial charge on any atom is -0.398 e. The standard InChI is InChI=1S/C29H30N6O2/c1-3-16-35(2)17-15-24(34-29-23-14-8-13-22(28(31)37)26(23)32-18-33-29)20-11-7-12-21(25(20)30)27(36)19-9-5-4-6-10-19/h3-14,18,24H,1,15-17,30H2,2H3,(H2,31,37)(H,32,33,34). The summed E-state index contributed by atoms with van der Waals surface area (Å²) in [6.45, 7) is 5.28. The summed E-state index contributed by atoms with van der Waals surface area (Å²) in [6.07, 6.45) is 3.91. The van der Waals surface area contributed by atoms with Crippen molar-refractivity contribution in [3.05, 3.63) is 108 Å². The summed E-state index contributed by atoms with van der Waals surface area (Å²) in [5.74, 6) is -0.154. The summed E-state index contributed by atoms with van der Waals surface area (Å²) in [7, 11) is 2.01. The van der Waals surface area contributed by atoms with E-state index in [2.05, 4.69) is 26.8 Å². The molecule has 1 unspecified atom stereocenters. The van der Waals surface area contributed by atoms with Gasteiger partial charge < -0.3 is 21.7 Å². The molecule has 0 aliphatic carbocycles. The molecule has 0 saturated heterocycles. The number of rotatable bonds is 11. The van der Waals surface area contributed by atoms with E-state index in [1.807, 2.05) is 49.5 Å². The smallest absolute Gasteiger partial charge is 0.250 e. The van der Waals surface area contributed by atoms with Crippen molar-refractivity contribution in [3.8, 4) is 0 Å². The third-order valence-corrected chi connectivity index (χ3v) is 6.28. The first-order chi connectivity index (χ1) is 17.9. The molecular formula is C29H30N6O2. The molecule has 37 heavy (non-hydrogen) atoms. The van der Waals surface area contributed by atoms with Gasteiger partial charge >= 0.3 is 0 Å². The average Bonchev–Trinajstić information content (AvgIpc) is 2.91. The van der Waals surface area contributed by atoms with Gasteiger partial charge in [0.05, 0.1) is 17.1 Å². The van der Waals surface area contributed by atoms with Gasteiger partial charge in [0.25, 0.3) is 5.91 Å². The number of nitrogens with two attached hydrogens (primary N) is 2. The van der Waals surface area contributed by atoms with Gasteiger partial charge in [-0.2, -0.15) is 0 Å². The second-order valence-electron chi connectivity index (χ2n) is 8.83. The number of amides is 1. The van der Waals surface area contributed by atoms with E-state index < -0.39 is 5.91 Å². The molecule has 0 aliphatic heterocycles. The Morgan fingerprint density at radius 3 is 2.49 bits per heavy atom.